The Morgan fingerprint density at radius 3 is 2.63 bits per heavy atom. The van der Waals surface area contributed by atoms with Crippen molar-refractivity contribution < 1.29 is 14.3 Å². The molecule has 2 N–H and O–H groups in total. The lowest BCUT2D eigenvalue weighted by atomic mass is 10.1. The van der Waals surface area contributed by atoms with E-state index >= 15 is 0 Å². The maximum absolute atomic E-state index is 12.3. The number of carbonyl (C=O) groups excluding carboxylic acids is 1. The molecule has 3 rings (SSSR count). The quantitative estimate of drug-likeness (QED) is 0.674. The zero-order valence-electron chi connectivity index (χ0n) is 15.4. The normalized spacial score (nSPS) is 10.6. The minimum absolute atomic E-state index is 0.116. The number of rotatable bonds is 7. The van der Waals surface area contributed by atoms with Gasteiger partial charge in [0.1, 0.15) is 11.5 Å². The number of pyridine rings is 1. The van der Waals surface area contributed by atoms with Crippen LogP contribution in [0.25, 0.3) is 10.9 Å². The summed E-state index contributed by atoms with van der Waals surface area (Å²) in [6.45, 7) is 0.386. The highest BCUT2D eigenvalue weighted by Crippen LogP contribution is 2.19. The van der Waals surface area contributed by atoms with Crippen LogP contribution in [-0.4, -0.2) is 25.1 Å². The number of nitrogens with one attached hydrogen (secondary N) is 2. The van der Waals surface area contributed by atoms with Crippen LogP contribution in [-0.2, 0) is 17.8 Å². The largest absolute Gasteiger partial charge is 0.497 e. The minimum atomic E-state index is -0.187. The fourth-order valence-corrected chi connectivity index (χ4v) is 2.92. The van der Waals surface area contributed by atoms with E-state index < -0.39 is 0 Å². The number of methoxy groups -OCH3 is 2. The summed E-state index contributed by atoms with van der Waals surface area (Å²) in [5, 5.41) is 3.77. The lowest BCUT2D eigenvalue weighted by molar-refractivity contribution is -0.121. The van der Waals surface area contributed by atoms with Crippen molar-refractivity contribution in [2.24, 2.45) is 0 Å². The van der Waals surface area contributed by atoms with Gasteiger partial charge in [-0.2, -0.15) is 0 Å². The molecule has 2 aromatic carbocycles. The number of aromatic nitrogens is 1. The molecule has 1 heterocycles. The predicted molar refractivity (Wildman–Crippen MR) is 104 cm³/mol. The van der Waals surface area contributed by atoms with Gasteiger partial charge >= 0.3 is 0 Å². The first kappa shape index (κ1) is 18.5. The molecular formula is C21H22N2O4. The maximum atomic E-state index is 12.3. The predicted octanol–water partition coefficient (Wildman–Crippen LogP) is 2.79. The molecule has 6 heteroatoms. The first-order chi connectivity index (χ1) is 13.1. The number of aromatic amines is 1. The Bertz CT molecular complexity index is 1010. The molecule has 0 spiro atoms. The molecule has 0 atom stereocenters. The molecule has 0 aliphatic rings. The Balaban J connectivity index is 1.63. The number of aryl methyl sites for hydroxylation is 1. The second kappa shape index (κ2) is 8.40. The highest BCUT2D eigenvalue weighted by molar-refractivity contribution is 5.81. The summed E-state index contributed by atoms with van der Waals surface area (Å²) < 4.78 is 10.4. The molecule has 6 nitrogen and oxygen atoms in total. The molecule has 1 amide bonds. The summed E-state index contributed by atoms with van der Waals surface area (Å²) in [4.78, 5) is 27.3. The van der Waals surface area contributed by atoms with Crippen LogP contribution >= 0.6 is 0 Å². The molecule has 0 fully saturated rings. The van der Waals surface area contributed by atoms with E-state index in [1.165, 1.54) is 0 Å². The van der Waals surface area contributed by atoms with Gasteiger partial charge in [-0.15, -0.1) is 0 Å². The molecule has 3 aromatic rings. The second-order valence-electron chi connectivity index (χ2n) is 6.17. The molecule has 0 radical (unpaired) electrons. The summed E-state index contributed by atoms with van der Waals surface area (Å²) in [6.07, 6.45) is 0.606. The third-order valence-corrected chi connectivity index (χ3v) is 4.42. The van der Waals surface area contributed by atoms with Crippen molar-refractivity contribution in [3.63, 3.8) is 0 Å². The van der Waals surface area contributed by atoms with Crippen molar-refractivity contribution in [3.05, 3.63) is 70.0 Å². The molecule has 1 aromatic heterocycles. The van der Waals surface area contributed by atoms with Crippen molar-refractivity contribution in [2.45, 2.75) is 19.4 Å². The van der Waals surface area contributed by atoms with Crippen molar-refractivity contribution in [1.29, 1.82) is 0 Å². The average Bonchev–Trinajstić information content (AvgIpc) is 2.70. The van der Waals surface area contributed by atoms with Gasteiger partial charge in [0, 0.05) is 30.2 Å². The maximum Gasteiger partial charge on any atom is 0.251 e. The summed E-state index contributed by atoms with van der Waals surface area (Å²) >= 11 is 0. The summed E-state index contributed by atoms with van der Waals surface area (Å²) in [5.41, 5.74) is 2.02. The summed E-state index contributed by atoms with van der Waals surface area (Å²) in [6, 6.07) is 14.9. The van der Waals surface area contributed by atoms with Gasteiger partial charge in [0.25, 0.3) is 5.56 Å². The average molecular weight is 366 g/mol. The standard InChI is InChI=1S/C21H22N2O4/c1-26-17-9-7-14-11-15(21(25)23-18(14)12-17)8-10-20(24)22-13-16-5-3-4-6-19(16)27-2/h3-7,9,11-12H,8,10,13H2,1-2H3,(H,22,24)(H,23,25). The number of H-pyrrole nitrogens is 1. The molecule has 0 saturated heterocycles. The van der Waals surface area contributed by atoms with Gasteiger partial charge in [-0.1, -0.05) is 18.2 Å². The zero-order valence-corrected chi connectivity index (χ0v) is 15.4. The molecule has 0 aliphatic carbocycles. The molecule has 0 saturated carbocycles. The summed E-state index contributed by atoms with van der Waals surface area (Å²) in [5.74, 6) is 1.30. The van der Waals surface area contributed by atoms with Gasteiger partial charge in [-0.25, -0.2) is 0 Å². The third-order valence-electron chi connectivity index (χ3n) is 4.42. The number of fused-ring (bicyclic) bond motifs is 1. The van der Waals surface area contributed by atoms with Crippen molar-refractivity contribution in [3.8, 4) is 11.5 Å². The molecule has 27 heavy (non-hydrogen) atoms. The number of ether oxygens (including phenoxy) is 2. The van der Waals surface area contributed by atoms with Gasteiger partial charge in [-0.3, -0.25) is 9.59 Å². The fraction of sp³-hybridized carbons (Fsp3) is 0.238. The van der Waals surface area contributed by atoms with Crippen LogP contribution in [0, 0.1) is 0 Å². The topological polar surface area (TPSA) is 80.4 Å². The van der Waals surface area contributed by atoms with Gasteiger partial charge in [0.05, 0.1) is 19.7 Å². The van der Waals surface area contributed by atoms with Crippen molar-refractivity contribution in [2.75, 3.05) is 14.2 Å². The van der Waals surface area contributed by atoms with Crippen LogP contribution in [0.15, 0.2) is 53.3 Å². The SMILES string of the molecule is COc1ccc2cc(CCC(=O)NCc3ccccc3OC)c(=O)[nH]c2c1. The lowest BCUT2D eigenvalue weighted by Gasteiger charge is -2.09. The lowest BCUT2D eigenvalue weighted by Crippen LogP contribution is -2.24. The van der Waals surface area contributed by atoms with Gasteiger partial charge in [0.2, 0.25) is 5.91 Å². The van der Waals surface area contributed by atoms with E-state index in [4.69, 9.17) is 9.47 Å². The third kappa shape index (κ3) is 4.47. The number of para-hydroxylation sites is 1. The second-order valence-corrected chi connectivity index (χ2v) is 6.17. The first-order valence-corrected chi connectivity index (χ1v) is 8.69. The van der Waals surface area contributed by atoms with Crippen LogP contribution in [0.1, 0.15) is 17.5 Å². The highest BCUT2D eigenvalue weighted by Gasteiger charge is 2.09. The fourth-order valence-electron chi connectivity index (χ4n) is 2.92. The highest BCUT2D eigenvalue weighted by atomic mass is 16.5. The zero-order chi connectivity index (χ0) is 19.2. The molecule has 140 valence electrons. The van der Waals surface area contributed by atoms with Crippen molar-refractivity contribution >= 4 is 16.8 Å². The van der Waals surface area contributed by atoms with E-state index in [2.05, 4.69) is 10.3 Å². The smallest absolute Gasteiger partial charge is 0.251 e. The molecule has 0 unspecified atom stereocenters. The van der Waals surface area contributed by atoms with Gasteiger partial charge in [-0.05, 0) is 36.1 Å². The van der Waals surface area contributed by atoms with Crippen LogP contribution in [0.5, 0.6) is 11.5 Å². The number of amides is 1. The van der Waals surface area contributed by atoms with E-state index in [-0.39, 0.29) is 17.9 Å². The van der Waals surface area contributed by atoms with E-state index in [0.717, 1.165) is 16.7 Å². The first-order valence-electron chi connectivity index (χ1n) is 8.69. The monoisotopic (exact) mass is 366 g/mol. The van der Waals surface area contributed by atoms with E-state index in [1.54, 1.807) is 20.3 Å². The van der Waals surface area contributed by atoms with E-state index in [9.17, 15) is 9.59 Å². The van der Waals surface area contributed by atoms with Crippen LogP contribution < -0.4 is 20.3 Å². The van der Waals surface area contributed by atoms with Crippen molar-refractivity contribution in [1.82, 2.24) is 10.3 Å². The Morgan fingerprint density at radius 1 is 1.04 bits per heavy atom. The van der Waals surface area contributed by atoms with Crippen LogP contribution in [0.4, 0.5) is 0 Å². The minimum Gasteiger partial charge on any atom is -0.497 e. The Kier molecular flexibility index (Phi) is 5.76. The molecule has 0 bridgehead atoms. The number of benzene rings is 2. The molecular weight excluding hydrogens is 344 g/mol. The van der Waals surface area contributed by atoms with Gasteiger partial charge in [0.15, 0.2) is 0 Å². The number of carbonyl (C=O) groups is 1. The van der Waals surface area contributed by atoms with Crippen LogP contribution in [0.2, 0.25) is 0 Å². The Labute approximate surface area is 157 Å². The van der Waals surface area contributed by atoms with E-state index in [0.29, 0.717) is 29.8 Å². The van der Waals surface area contributed by atoms with Gasteiger partial charge < -0.3 is 19.8 Å². The Hall–Kier alpha value is -3.28. The van der Waals surface area contributed by atoms with E-state index in [1.807, 2.05) is 42.5 Å². The van der Waals surface area contributed by atoms with Crippen LogP contribution in [0.3, 0.4) is 0 Å². The Morgan fingerprint density at radius 2 is 1.85 bits per heavy atom. The number of hydrogen-bond acceptors (Lipinski definition) is 4. The molecule has 0 aliphatic heterocycles. The number of hydrogen-bond donors (Lipinski definition) is 2. The summed E-state index contributed by atoms with van der Waals surface area (Å²) in [7, 11) is 3.18.